The quantitative estimate of drug-likeness (QED) is 0.0728. The number of benzene rings is 2. The van der Waals surface area contributed by atoms with E-state index in [-0.39, 0.29) is 49.0 Å². The molecule has 3 amide bonds. The number of amides is 3. The fraction of sp³-hybridized carbons (Fsp3) is 0.432. The zero-order valence-electron chi connectivity index (χ0n) is 31.4. The molecule has 0 saturated heterocycles. The Morgan fingerprint density at radius 2 is 1.53 bits per heavy atom. The monoisotopic (exact) mass is 830 g/mol. The van der Waals surface area contributed by atoms with Crippen LogP contribution >= 0.6 is 11.8 Å². The van der Waals surface area contributed by atoms with E-state index in [1.807, 2.05) is 55.7 Å². The third kappa shape index (κ3) is 15.8. The highest BCUT2D eigenvalue weighted by molar-refractivity contribution is 8.00. The standard InChI is InChI=1S/C35H46F2N6O6S.C2HF3O2/c1-35(2,3)32(29-15-23(25-16-24(36)9-10-26(25)37)18-42(29)17-22-7-5-4-6-8-22)43(31(46)19-44)14-11-27(38)33(47)41-13-12-40-30(45)21-50-20-28(39)34(48)49;3-2(4,5)1(6)7/h4-10,15-16,18,27-28,32,44H,11-14,17,19-21,38-39H2,1-3H3,(H,40,45)(H,41,47)(H,48,49);(H,6,7)/t27?,28-,32?;/m0./s1. The van der Waals surface area contributed by atoms with Gasteiger partial charge >= 0.3 is 18.1 Å². The Morgan fingerprint density at radius 1 is 0.912 bits per heavy atom. The van der Waals surface area contributed by atoms with Crippen LogP contribution in [0.1, 0.15) is 44.5 Å². The summed E-state index contributed by atoms with van der Waals surface area (Å²) in [5, 5.41) is 31.2. The second kappa shape index (κ2) is 22.0. The molecule has 3 aromatic rings. The Kier molecular flexibility index (Phi) is 18.6. The van der Waals surface area contributed by atoms with Crippen molar-refractivity contribution < 1.29 is 61.2 Å². The molecular weight excluding hydrogens is 783 g/mol. The molecule has 0 spiro atoms. The van der Waals surface area contributed by atoms with Crippen LogP contribution in [0.2, 0.25) is 0 Å². The fourth-order valence-corrected chi connectivity index (χ4v) is 6.23. The zero-order valence-corrected chi connectivity index (χ0v) is 32.2. The highest BCUT2D eigenvalue weighted by atomic mass is 32.2. The molecule has 0 fully saturated rings. The molecule has 0 radical (unpaired) electrons. The number of nitrogens with two attached hydrogens (primary N) is 2. The van der Waals surface area contributed by atoms with Crippen molar-refractivity contribution in [3.05, 3.63) is 83.7 Å². The number of nitrogens with zero attached hydrogens (tertiary/aromatic N) is 2. The minimum atomic E-state index is -5.08. The Labute approximate surface area is 329 Å². The van der Waals surface area contributed by atoms with Crippen LogP contribution in [-0.2, 0) is 30.5 Å². The number of halogens is 5. The maximum Gasteiger partial charge on any atom is 0.490 e. The van der Waals surface area contributed by atoms with Gasteiger partial charge in [-0.25, -0.2) is 13.6 Å². The molecule has 2 aromatic carbocycles. The lowest BCUT2D eigenvalue weighted by Crippen LogP contribution is -2.48. The summed E-state index contributed by atoms with van der Waals surface area (Å²) in [4.78, 5) is 59.3. The van der Waals surface area contributed by atoms with E-state index in [1.165, 1.54) is 4.90 Å². The van der Waals surface area contributed by atoms with Crippen molar-refractivity contribution in [1.82, 2.24) is 20.1 Å². The van der Waals surface area contributed by atoms with E-state index in [4.69, 9.17) is 26.5 Å². The predicted octanol–water partition coefficient (Wildman–Crippen LogP) is 3.12. The lowest BCUT2D eigenvalue weighted by atomic mass is 9.82. The molecular formula is C37H47F5N6O8S. The third-order valence-corrected chi connectivity index (χ3v) is 9.15. The number of nitrogens with one attached hydrogen (secondary N) is 2. The molecule has 3 atom stereocenters. The summed E-state index contributed by atoms with van der Waals surface area (Å²) in [5.74, 6) is -6.51. The Bertz CT molecular complexity index is 1820. The number of carbonyl (C=O) groups is 5. The average Bonchev–Trinajstić information content (AvgIpc) is 3.53. The second-order valence-corrected chi connectivity index (χ2v) is 14.7. The van der Waals surface area contributed by atoms with Crippen LogP contribution in [0.25, 0.3) is 11.1 Å². The number of aliphatic hydroxyl groups excluding tert-OH is 1. The van der Waals surface area contributed by atoms with Crippen molar-refractivity contribution in [3.8, 4) is 11.1 Å². The van der Waals surface area contributed by atoms with Gasteiger partial charge in [0.05, 0.1) is 17.8 Å². The summed E-state index contributed by atoms with van der Waals surface area (Å²) < 4.78 is 62.8. The SMILES string of the molecule is CC(C)(C)C(c1cc(-c2cc(F)ccc2F)cn1Cc1ccccc1)N(CCC(N)C(=O)NCCNC(=O)CSC[C@H](N)C(=O)O)C(=O)CO.O=C(O)C(F)(F)F. The Morgan fingerprint density at radius 3 is 2.09 bits per heavy atom. The van der Waals surface area contributed by atoms with Gasteiger partial charge in [-0.15, -0.1) is 11.8 Å². The van der Waals surface area contributed by atoms with Crippen LogP contribution in [-0.4, -0.2) is 110 Å². The molecule has 2 unspecified atom stereocenters. The molecule has 0 bridgehead atoms. The van der Waals surface area contributed by atoms with Gasteiger partial charge in [-0.1, -0.05) is 51.1 Å². The van der Waals surface area contributed by atoms with Gasteiger partial charge in [0.25, 0.3) is 0 Å². The van der Waals surface area contributed by atoms with Gasteiger partial charge in [0.2, 0.25) is 17.7 Å². The highest BCUT2D eigenvalue weighted by Gasteiger charge is 2.39. The first-order chi connectivity index (χ1) is 26.6. The maximum absolute atomic E-state index is 15.0. The smallest absolute Gasteiger partial charge is 0.480 e. The maximum atomic E-state index is 15.0. The molecule has 57 heavy (non-hydrogen) atoms. The second-order valence-electron chi connectivity index (χ2n) is 13.7. The molecule has 20 heteroatoms. The number of aromatic nitrogens is 1. The van der Waals surface area contributed by atoms with Crippen LogP contribution in [0.15, 0.2) is 60.8 Å². The summed E-state index contributed by atoms with van der Waals surface area (Å²) in [6.45, 7) is 5.47. The molecule has 0 aliphatic heterocycles. The van der Waals surface area contributed by atoms with Crippen LogP contribution in [0, 0.1) is 17.0 Å². The number of thioether (sulfide) groups is 1. The number of carboxylic acid groups (broad SMARTS) is 2. The number of carbonyl (C=O) groups excluding carboxylic acids is 3. The summed E-state index contributed by atoms with van der Waals surface area (Å²) >= 11 is 1.08. The molecule has 3 rings (SSSR count). The molecule has 314 valence electrons. The molecule has 14 nitrogen and oxygen atoms in total. The van der Waals surface area contributed by atoms with E-state index in [0.29, 0.717) is 17.8 Å². The van der Waals surface area contributed by atoms with Gasteiger partial charge in [-0.05, 0) is 41.7 Å². The van der Waals surface area contributed by atoms with E-state index in [0.717, 1.165) is 35.5 Å². The first-order valence-electron chi connectivity index (χ1n) is 17.3. The number of alkyl halides is 3. The van der Waals surface area contributed by atoms with Crippen molar-refractivity contribution in [3.63, 3.8) is 0 Å². The topological polar surface area (TPSA) is 230 Å². The van der Waals surface area contributed by atoms with Crippen molar-refractivity contribution in [1.29, 1.82) is 0 Å². The molecule has 0 aliphatic carbocycles. The summed E-state index contributed by atoms with van der Waals surface area (Å²) in [5.41, 5.74) is 13.0. The van der Waals surface area contributed by atoms with E-state index < -0.39 is 71.7 Å². The lowest BCUT2D eigenvalue weighted by Gasteiger charge is -2.41. The Hall–Kier alpha value is -5.05. The molecule has 0 saturated carbocycles. The van der Waals surface area contributed by atoms with Crippen LogP contribution in [0.5, 0.6) is 0 Å². The van der Waals surface area contributed by atoms with E-state index in [1.54, 1.807) is 12.3 Å². The first-order valence-corrected chi connectivity index (χ1v) is 18.5. The van der Waals surface area contributed by atoms with Crippen LogP contribution in [0.3, 0.4) is 0 Å². The normalized spacial score (nSPS) is 13.0. The van der Waals surface area contributed by atoms with Crippen LogP contribution < -0.4 is 22.1 Å². The number of rotatable bonds is 18. The van der Waals surface area contributed by atoms with Gasteiger partial charge in [0, 0.05) is 54.9 Å². The largest absolute Gasteiger partial charge is 0.490 e. The van der Waals surface area contributed by atoms with Crippen molar-refractivity contribution in [2.45, 2.75) is 58.0 Å². The predicted molar refractivity (Wildman–Crippen MR) is 202 cm³/mol. The fourth-order valence-electron chi connectivity index (χ4n) is 5.43. The van der Waals surface area contributed by atoms with Crippen molar-refractivity contribution >= 4 is 41.4 Å². The average molecular weight is 831 g/mol. The van der Waals surface area contributed by atoms with Crippen molar-refractivity contribution in [2.24, 2.45) is 16.9 Å². The summed E-state index contributed by atoms with van der Waals surface area (Å²) in [7, 11) is 0. The summed E-state index contributed by atoms with van der Waals surface area (Å²) in [6, 6.07) is 11.6. The van der Waals surface area contributed by atoms with Gasteiger partial charge in [-0.2, -0.15) is 13.2 Å². The molecule has 1 heterocycles. The minimum Gasteiger partial charge on any atom is -0.480 e. The number of aliphatic carboxylic acids is 2. The van der Waals surface area contributed by atoms with Gasteiger partial charge < -0.3 is 46.9 Å². The number of carboxylic acids is 2. The first kappa shape index (κ1) is 48.1. The zero-order chi connectivity index (χ0) is 43.1. The number of hydrogen-bond acceptors (Lipinski definition) is 9. The van der Waals surface area contributed by atoms with E-state index in [9.17, 15) is 46.2 Å². The number of hydrogen-bond donors (Lipinski definition) is 7. The van der Waals surface area contributed by atoms with E-state index >= 15 is 0 Å². The van der Waals surface area contributed by atoms with Crippen LogP contribution in [0.4, 0.5) is 22.0 Å². The van der Waals surface area contributed by atoms with Gasteiger partial charge in [-0.3, -0.25) is 19.2 Å². The van der Waals surface area contributed by atoms with Gasteiger partial charge in [0.1, 0.15) is 24.3 Å². The van der Waals surface area contributed by atoms with Crippen molar-refractivity contribution in [2.75, 3.05) is 37.7 Å². The third-order valence-electron chi connectivity index (χ3n) is 8.09. The minimum absolute atomic E-state index is 0.00546. The molecule has 9 N–H and O–H groups in total. The van der Waals surface area contributed by atoms with Gasteiger partial charge in [0.15, 0.2) is 0 Å². The Balaban J connectivity index is 0.00000146. The summed E-state index contributed by atoms with van der Waals surface area (Å²) in [6.07, 6.45) is -3.34. The lowest BCUT2D eigenvalue weighted by molar-refractivity contribution is -0.192. The van der Waals surface area contributed by atoms with E-state index in [2.05, 4.69) is 10.6 Å². The molecule has 0 aliphatic rings. The number of aliphatic hydroxyl groups is 1. The molecule has 1 aromatic heterocycles. The highest BCUT2D eigenvalue weighted by Crippen LogP contribution is 2.41.